The monoisotopic (exact) mass is 1270 g/mol. The molecule has 0 N–H and O–H groups in total. The summed E-state index contributed by atoms with van der Waals surface area (Å²) in [6.45, 7) is 4.67. The minimum Gasteiger partial charge on any atom is -0.545 e. The second-order valence-corrected chi connectivity index (χ2v) is 26.9. The Morgan fingerprint density at radius 2 is 0.626 bits per heavy atom. The van der Waals surface area contributed by atoms with Crippen molar-refractivity contribution < 1.29 is 42.9 Å². The highest BCUT2D eigenvalue weighted by Crippen LogP contribution is 2.18. The molecule has 526 valence electrons. The molecule has 0 fully saturated rings. The Morgan fingerprint density at radius 1 is 0.341 bits per heavy atom. The number of carboxylic acid groups (broad SMARTS) is 1. The normalized spacial score (nSPS) is 13.2. The third kappa shape index (κ3) is 73.5. The lowest BCUT2D eigenvalue weighted by atomic mass is 10.0. The van der Waals surface area contributed by atoms with E-state index in [2.05, 4.69) is 111 Å². The highest BCUT2D eigenvalue weighted by molar-refractivity contribution is 5.70. The quantitative estimate of drug-likeness (QED) is 0.0195. The van der Waals surface area contributed by atoms with Gasteiger partial charge in [0.2, 0.25) is 0 Å². The maximum absolute atomic E-state index is 13.0. The number of esters is 2. The number of quaternary nitrogens is 1. The Bertz CT molecular complexity index is 1820. The van der Waals surface area contributed by atoms with Gasteiger partial charge in [0.15, 0.2) is 12.4 Å². The lowest BCUT2D eigenvalue weighted by Crippen LogP contribution is -2.44. The summed E-state index contributed by atoms with van der Waals surface area (Å²) < 4.78 is 22.9. The zero-order chi connectivity index (χ0) is 66.1. The number of ether oxygens (including phenoxy) is 4. The number of aliphatic carboxylic acids is 1. The minimum atomic E-state index is -1.62. The van der Waals surface area contributed by atoms with E-state index in [1.54, 1.807) is 0 Å². The van der Waals surface area contributed by atoms with Crippen LogP contribution in [0.15, 0.2) is 97.2 Å². The molecule has 2 unspecified atom stereocenters. The number of carboxylic acids is 1. The number of carbonyl (C=O) groups excluding carboxylic acids is 3. The molecule has 0 radical (unpaired) electrons. The van der Waals surface area contributed by atoms with Crippen molar-refractivity contribution in [3.63, 3.8) is 0 Å². The number of hydrogen-bond donors (Lipinski definition) is 0. The first-order valence-corrected chi connectivity index (χ1v) is 38.4. The Hall–Kier alpha value is -3.79. The average molecular weight is 1270 g/mol. The summed E-state index contributed by atoms with van der Waals surface area (Å²) in [5, 5.41) is 11.9. The average Bonchev–Trinajstić information content (AvgIpc) is 3.50. The van der Waals surface area contributed by atoms with Gasteiger partial charge in [0, 0.05) is 12.8 Å². The third-order valence-corrected chi connectivity index (χ3v) is 16.8. The van der Waals surface area contributed by atoms with Gasteiger partial charge in [-0.05, 0) is 96.3 Å². The molecule has 0 amide bonds. The predicted octanol–water partition coefficient (Wildman–Crippen LogP) is 23.0. The van der Waals surface area contributed by atoms with Crippen LogP contribution in [0.5, 0.6) is 0 Å². The molecule has 91 heavy (non-hydrogen) atoms. The molecule has 9 nitrogen and oxygen atoms in total. The van der Waals surface area contributed by atoms with Crippen molar-refractivity contribution in [1.29, 1.82) is 0 Å². The molecule has 0 aliphatic carbocycles. The fourth-order valence-electron chi connectivity index (χ4n) is 11.0. The first-order chi connectivity index (χ1) is 44.6. The van der Waals surface area contributed by atoms with Crippen LogP contribution >= 0.6 is 0 Å². The van der Waals surface area contributed by atoms with Crippen LogP contribution in [0, 0.1) is 0 Å². The molecular formula is C82H145NO8. The minimum absolute atomic E-state index is 0.147. The molecule has 0 rings (SSSR count). The summed E-state index contributed by atoms with van der Waals surface area (Å²) in [7, 11) is 5.94. The van der Waals surface area contributed by atoms with Gasteiger partial charge in [-0.25, -0.2) is 0 Å². The molecule has 0 heterocycles. The van der Waals surface area contributed by atoms with E-state index >= 15 is 0 Å². The molecule has 0 saturated carbocycles. The van der Waals surface area contributed by atoms with E-state index in [1.807, 2.05) is 21.1 Å². The number of likely N-dealkylation sites (N-methyl/N-ethyl adjacent to an activating group) is 1. The topological polar surface area (TPSA) is 111 Å². The molecule has 0 bridgehead atoms. The Kier molecular flexibility index (Phi) is 69.0. The number of allylic oxidation sites excluding steroid dienone is 16. The molecule has 0 saturated heterocycles. The van der Waals surface area contributed by atoms with E-state index in [0.29, 0.717) is 23.9 Å². The van der Waals surface area contributed by atoms with Crippen LogP contribution in [0.1, 0.15) is 348 Å². The zero-order valence-electron chi connectivity index (χ0n) is 60.2. The predicted molar refractivity (Wildman–Crippen MR) is 389 cm³/mol. The van der Waals surface area contributed by atoms with Crippen molar-refractivity contribution in [2.45, 2.75) is 360 Å². The van der Waals surface area contributed by atoms with Crippen LogP contribution in [0.25, 0.3) is 0 Å². The van der Waals surface area contributed by atoms with Gasteiger partial charge >= 0.3 is 11.9 Å². The van der Waals surface area contributed by atoms with E-state index in [4.69, 9.17) is 18.9 Å². The molecule has 0 aromatic rings. The smallest absolute Gasteiger partial charge is 0.306 e. The standard InChI is InChI=1S/C82H145NO8/c1-6-8-10-12-14-16-18-20-22-24-26-28-30-32-34-36-37-38-39-40-41-42-43-45-47-49-51-53-55-57-59-61-63-65-67-69-71-73-80(85)91-78(77-90-82(81(86)87)88-75-74-83(3,4)5)76-89-79(84)72-70-68-66-64-62-60-58-56-54-52-50-48-46-44-35-33-31-29-27-25-23-21-19-17-15-13-11-9-7-2/h8,10,14,16,19-22,25-28,32,34,37-38,78,82H,6-7,9,11-13,15,17-18,23-24,29-31,33,35-36,39-77H2,1-5H3/b10-8-,16-14-,21-19-,22-20-,27-25-,28-26-,34-32-,38-37-. The van der Waals surface area contributed by atoms with Gasteiger partial charge in [0.25, 0.3) is 0 Å². The molecule has 0 aromatic carbocycles. The molecule has 2 atom stereocenters. The first-order valence-electron chi connectivity index (χ1n) is 38.4. The highest BCUT2D eigenvalue weighted by atomic mass is 16.7. The lowest BCUT2D eigenvalue weighted by molar-refractivity contribution is -0.870. The summed E-state index contributed by atoms with van der Waals surface area (Å²) in [4.78, 5) is 37.6. The van der Waals surface area contributed by atoms with E-state index in [-0.39, 0.29) is 32.2 Å². The van der Waals surface area contributed by atoms with E-state index in [9.17, 15) is 19.5 Å². The van der Waals surface area contributed by atoms with Gasteiger partial charge < -0.3 is 33.3 Å². The summed E-state index contributed by atoms with van der Waals surface area (Å²) >= 11 is 0. The molecule has 0 aliphatic rings. The van der Waals surface area contributed by atoms with Gasteiger partial charge in [-0.2, -0.15) is 0 Å². The van der Waals surface area contributed by atoms with Crippen LogP contribution in [-0.4, -0.2) is 82.3 Å². The third-order valence-electron chi connectivity index (χ3n) is 16.8. The van der Waals surface area contributed by atoms with Crippen molar-refractivity contribution in [3.05, 3.63) is 97.2 Å². The maximum Gasteiger partial charge on any atom is 0.306 e. The van der Waals surface area contributed by atoms with Crippen LogP contribution < -0.4 is 5.11 Å². The fraction of sp³-hybridized carbons (Fsp3) is 0.768. The second-order valence-electron chi connectivity index (χ2n) is 26.9. The maximum atomic E-state index is 13.0. The SMILES string of the molecule is CC/C=C\C/C=C\C/C=C\C/C=C\C/C=C\C/C=C\CCCCCCCCCCCCCCCCCCCCC(=O)OC(COC(=O)CCCCCCCCCCCCCCCCCCC/C=C\C/C=C\CCCCCCC)COC(OCC[N+](C)(C)C)C(=O)[O-]. The number of nitrogens with zero attached hydrogens (tertiary/aromatic N) is 1. The van der Waals surface area contributed by atoms with Crippen molar-refractivity contribution in [2.75, 3.05) is 47.5 Å². The summed E-state index contributed by atoms with van der Waals surface area (Å²) in [5.74, 6) is -2.26. The van der Waals surface area contributed by atoms with Gasteiger partial charge in [-0.1, -0.05) is 336 Å². The van der Waals surface area contributed by atoms with Gasteiger partial charge in [0.1, 0.15) is 13.2 Å². The van der Waals surface area contributed by atoms with E-state index in [1.165, 1.54) is 238 Å². The van der Waals surface area contributed by atoms with Gasteiger partial charge in [0.05, 0.1) is 40.3 Å². The Labute approximate surface area is 562 Å². The molecule has 0 aromatic heterocycles. The van der Waals surface area contributed by atoms with Crippen molar-refractivity contribution >= 4 is 17.9 Å². The summed E-state index contributed by atoms with van der Waals surface area (Å²) in [6.07, 6.45) is 96.5. The molecule has 9 heteroatoms. The summed E-state index contributed by atoms with van der Waals surface area (Å²) in [5.41, 5.74) is 0. The van der Waals surface area contributed by atoms with Crippen LogP contribution in [0.2, 0.25) is 0 Å². The molecule has 0 aliphatic heterocycles. The first kappa shape index (κ1) is 87.2. The highest BCUT2D eigenvalue weighted by Gasteiger charge is 2.22. The molecule has 0 spiro atoms. The van der Waals surface area contributed by atoms with E-state index in [0.717, 1.165) is 77.0 Å². The largest absolute Gasteiger partial charge is 0.545 e. The molecular weight excluding hydrogens is 1130 g/mol. The summed E-state index contributed by atoms with van der Waals surface area (Å²) in [6, 6.07) is 0. The van der Waals surface area contributed by atoms with E-state index < -0.39 is 24.3 Å². The number of rotatable bonds is 71. The van der Waals surface area contributed by atoms with Crippen LogP contribution in [0.3, 0.4) is 0 Å². The van der Waals surface area contributed by atoms with Gasteiger partial charge in [-0.15, -0.1) is 0 Å². The van der Waals surface area contributed by atoms with Crippen molar-refractivity contribution in [1.82, 2.24) is 0 Å². The zero-order valence-corrected chi connectivity index (χ0v) is 60.2. The second kappa shape index (κ2) is 72.0. The number of carbonyl (C=O) groups is 3. The number of hydrogen-bond acceptors (Lipinski definition) is 8. The van der Waals surface area contributed by atoms with Crippen LogP contribution in [0.4, 0.5) is 0 Å². The van der Waals surface area contributed by atoms with Crippen LogP contribution in [-0.2, 0) is 33.3 Å². The van der Waals surface area contributed by atoms with Crippen molar-refractivity contribution in [3.8, 4) is 0 Å². The Balaban J connectivity index is 4.03. The Morgan fingerprint density at radius 3 is 0.934 bits per heavy atom. The van der Waals surface area contributed by atoms with Gasteiger partial charge in [-0.3, -0.25) is 9.59 Å². The lowest BCUT2D eigenvalue weighted by Gasteiger charge is -2.26. The van der Waals surface area contributed by atoms with Crippen molar-refractivity contribution in [2.24, 2.45) is 0 Å². The number of unbranched alkanes of at least 4 members (excludes halogenated alkanes) is 40. The fourth-order valence-corrected chi connectivity index (χ4v) is 11.0.